The molecule has 0 spiro atoms. The molecular formula is C16H19ClN4O. The van der Waals surface area contributed by atoms with E-state index in [-0.39, 0.29) is 0 Å². The number of hydrogen-bond acceptors (Lipinski definition) is 4. The van der Waals surface area contributed by atoms with E-state index in [4.69, 9.17) is 11.6 Å². The van der Waals surface area contributed by atoms with Crippen molar-refractivity contribution in [3.8, 4) is 0 Å². The third-order valence-electron chi connectivity index (χ3n) is 3.21. The minimum atomic E-state index is 0.471. The lowest BCUT2D eigenvalue weighted by Crippen LogP contribution is -2.08. The molecule has 0 radical (unpaired) electrons. The van der Waals surface area contributed by atoms with Gasteiger partial charge in [0.15, 0.2) is 0 Å². The third-order valence-corrected chi connectivity index (χ3v) is 3.51. The normalized spacial score (nSPS) is 11.4. The van der Waals surface area contributed by atoms with Crippen molar-refractivity contribution in [1.82, 2.24) is 0 Å². The average Bonchev–Trinajstić information content (AvgIpc) is 2.47. The van der Waals surface area contributed by atoms with Crippen molar-refractivity contribution in [3.63, 3.8) is 0 Å². The van der Waals surface area contributed by atoms with Gasteiger partial charge in [-0.1, -0.05) is 16.5 Å². The highest BCUT2D eigenvalue weighted by Gasteiger charge is 2.08. The van der Waals surface area contributed by atoms with E-state index in [1.54, 1.807) is 24.3 Å². The maximum Gasteiger partial charge on any atom is 0.245 e. The molecule has 6 heteroatoms. The fourth-order valence-corrected chi connectivity index (χ4v) is 2.31. The maximum atomic E-state index is 12.1. The number of azo groups is 1. The molecule has 2 aromatic carbocycles. The van der Waals surface area contributed by atoms with Crippen LogP contribution in [-0.2, 0) is 0 Å². The lowest BCUT2D eigenvalue weighted by atomic mass is 10.2. The van der Waals surface area contributed by atoms with Crippen LogP contribution in [0.25, 0.3) is 0 Å². The van der Waals surface area contributed by atoms with Crippen LogP contribution in [0.2, 0.25) is 5.02 Å². The smallest absolute Gasteiger partial charge is 0.245 e. The van der Waals surface area contributed by atoms with Crippen molar-refractivity contribution in [2.24, 2.45) is 5.11 Å². The van der Waals surface area contributed by atoms with E-state index in [9.17, 15) is 5.21 Å². The molecule has 0 saturated heterocycles. The average molecular weight is 319 g/mol. The van der Waals surface area contributed by atoms with E-state index in [1.807, 2.05) is 56.2 Å². The van der Waals surface area contributed by atoms with E-state index >= 15 is 0 Å². The Labute approximate surface area is 135 Å². The van der Waals surface area contributed by atoms with Gasteiger partial charge in [-0.2, -0.15) is 0 Å². The predicted molar refractivity (Wildman–Crippen MR) is 91.9 cm³/mol. The summed E-state index contributed by atoms with van der Waals surface area (Å²) in [6.07, 6.45) is 0. The van der Waals surface area contributed by atoms with E-state index in [2.05, 4.69) is 5.11 Å². The largest absolute Gasteiger partial charge is 0.594 e. The Kier molecular flexibility index (Phi) is 4.88. The zero-order valence-electron chi connectivity index (χ0n) is 13.1. The van der Waals surface area contributed by atoms with Crippen LogP contribution < -0.4 is 9.80 Å². The fourth-order valence-electron chi connectivity index (χ4n) is 1.96. The van der Waals surface area contributed by atoms with Gasteiger partial charge in [-0.05, 0) is 30.3 Å². The summed E-state index contributed by atoms with van der Waals surface area (Å²) < 4.78 is 0. The Morgan fingerprint density at radius 2 is 1.59 bits per heavy atom. The molecule has 0 heterocycles. The Hall–Kier alpha value is -2.27. The zero-order valence-corrected chi connectivity index (χ0v) is 13.9. The first-order chi connectivity index (χ1) is 10.4. The number of hydrogen-bond donors (Lipinski definition) is 0. The van der Waals surface area contributed by atoms with Crippen LogP contribution in [0.4, 0.5) is 22.7 Å². The van der Waals surface area contributed by atoms with E-state index < -0.39 is 0 Å². The molecule has 0 fully saturated rings. The van der Waals surface area contributed by atoms with Gasteiger partial charge in [0.25, 0.3) is 0 Å². The van der Waals surface area contributed by atoms with Gasteiger partial charge in [-0.3, -0.25) is 0 Å². The van der Waals surface area contributed by atoms with Gasteiger partial charge in [0, 0.05) is 51.1 Å². The number of rotatable bonds is 4. The fraction of sp³-hybridized carbons (Fsp3) is 0.250. The second-order valence-corrected chi connectivity index (χ2v) is 5.72. The SMILES string of the molecule is CN(C)c1ccc([N+]([O-])=Nc2ccc(N(C)C)c(Cl)c2)cc1. The molecule has 0 aliphatic heterocycles. The van der Waals surface area contributed by atoms with Crippen molar-refractivity contribution in [2.45, 2.75) is 0 Å². The summed E-state index contributed by atoms with van der Waals surface area (Å²) in [7, 11) is 7.71. The van der Waals surface area contributed by atoms with Crippen LogP contribution in [-0.4, -0.2) is 33.1 Å². The first kappa shape index (κ1) is 16.1. The minimum absolute atomic E-state index is 0.471. The molecule has 0 aliphatic rings. The van der Waals surface area contributed by atoms with Crippen LogP contribution in [0, 0.1) is 5.21 Å². The van der Waals surface area contributed by atoms with Gasteiger partial charge in [-0.25, -0.2) is 0 Å². The Morgan fingerprint density at radius 3 is 2.09 bits per heavy atom. The monoisotopic (exact) mass is 318 g/mol. The van der Waals surface area contributed by atoms with Crippen LogP contribution in [0.1, 0.15) is 0 Å². The Morgan fingerprint density at radius 1 is 0.955 bits per heavy atom. The summed E-state index contributed by atoms with van der Waals surface area (Å²) in [5.41, 5.74) is 2.89. The molecule has 0 atom stereocenters. The van der Waals surface area contributed by atoms with E-state index in [0.717, 1.165) is 11.4 Å². The molecule has 2 rings (SSSR count). The summed E-state index contributed by atoms with van der Waals surface area (Å²) in [6, 6.07) is 12.5. The molecule has 0 saturated carbocycles. The number of benzene rings is 2. The molecule has 0 bridgehead atoms. The molecular weight excluding hydrogens is 300 g/mol. The lowest BCUT2D eigenvalue weighted by Gasteiger charge is -2.14. The highest BCUT2D eigenvalue weighted by atomic mass is 35.5. The van der Waals surface area contributed by atoms with Gasteiger partial charge in [0.1, 0.15) is 5.69 Å². The van der Waals surface area contributed by atoms with Crippen LogP contribution in [0.15, 0.2) is 47.6 Å². The quantitative estimate of drug-likeness (QED) is 0.477. The number of nitrogens with zero attached hydrogens (tertiary/aromatic N) is 4. The van der Waals surface area contributed by atoms with Gasteiger partial charge >= 0.3 is 0 Å². The second kappa shape index (κ2) is 6.66. The first-order valence-electron chi connectivity index (χ1n) is 6.81. The Balaban J connectivity index is 2.26. The Bertz CT molecular complexity index is 681. The summed E-state index contributed by atoms with van der Waals surface area (Å²) in [5, 5.41) is 16.7. The first-order valence-corrected chi connectivity index (χ1v) is 7.19. The van der Waals surface area contributed by atoms with Crippen LogP contribution in [0.5, 0.6) is 0 Å². The lowest BCUT2D eigenvalue weighted by molar-refractivity contribution is -0.435. The van der Waals surface area contributed by atoms with Gasteiger partial charge in [0.05, 0.1) is 10.7 Å². The van der Waals surface area contributed by atoms with Crippen molar-refractivity contribution >= 4 is 34.4 Å². The van der Waals surface area contributed by atoms with Gasteiger partial charge in [0.2, 0.25) is 5.69 Å². The predicted octanol–water partition coefficient (Wildman–Crippen LogP) is 4.40. The molecule has 5 nitrogen and oxygen atoms in total. The van der Waals surface area contributed by atoms with E-state index in [1.165, 1.54) is 0 Å². The van der Waals surface area contributed by atoms with Gasteiger partial charge < -0.3 is 15.0 Å². The molecule has 0 amide bonds. The maximum absolute atomic E-state index is 12.1. The topological polar surface area (TPSA) is 44.9 Å². The molecule has 22 heavy (non-hydrogen) atoms. The van der Waals surface area contributed by atoms with Crippen molar-refractivity contribution in [3.05, 3.63) is 52.7 Å². The standard InChI is InChI=1S/C16H19ClN4O/c1-19(2)13-6-8-14(9-7-13)21(22)18-12-5-10-16(20(3)4)15(17)11-12/h5-11H,1-4H3. The number of anilines is 2. The van der Waals surface area contributed by atoms with Crippen molar-refractivity contribution in [2.75, 3.05) is 38.0 Å². The highest BCUT2D eigenvalue weighted by Crippen LogP contribution is 2.29. The molecule has 116 valence electrons. The second-order valence-electron chi connectivity index (χ2n) is 5.31. The van der Waals surface area contributed by atoms with Crippen molar-refractivity contribution in [1.29, 1.82) is 0 Å². The van der Waals surface area contributed by atoms with Crippen LogP contribution in [0.3, 0.4) is 0 Å². The summed E-state index contributed by atoms with van der Waals surface area (Å²) in [6.45, 7) is 0. The minimum Gasteiger partial charge on any atom is -0.594 e. The molecule has 0 N–H and O–H groups in total. The summed E-state index contributed by atoms with van der Waals surface area (Å²) in [4.78, 5) is 4.47. The molecule has 2 aromatic rings. The van der Waals surface area contributed by atoms with Crippen molar-refractivity contribution < 1.29 is 4.86 Å². The molecule has 0 aliphatic carbocycles. The molecule has 0 aromatic heterocycles. The van der Waals surface area contributed by atoms with E-state index in [0.29, 0.717) is 21.3 Å². The summed E-state index contributed by atoms with van der Waals surface area (Å²) >= 11 is 6.18. The number of halogens is 1. The zero-order chi connectivity index (χ0) is 16.3. The van der Waals surface area contributed by atoms with Crippen LogP contribution >= 0.6 is 11.6 Å². The summed E-state index contributed by atoms with van der Waals surface area (Å²) in [5.74, 6) is 0. The molecule has 0 unspecified atom stereocenters. The highest BCUT2D eigenvalue weighted by molar-refractivity contribution is 6.33. The van der Waals surface area contributed by atoms with Gasteiger partial charge in [-0.15, -0.1) is 0 Å². The third kappa shape index (κ3) is 3.68.